The first-order valence-electron chi connectivity index (χ1n) is 9.22. The summed E-state index contributed by atoms with van der Waals surface area (Å²) in [6, 6.07) is 4.85. The van der Waals surface area contributed by atoms with E-state index >= 15 is 0 Å². The van der Waals surface area contributed by atoms with E-state index in [-0.39, 0.29) is 18.7 Å². The minimum absolute atomic E-state index is 0.122. The second kappa shape index (κ2) is 6.86. The Morgan fingerprint density at radius 2 is 1.89 bits per heavy atom. The van der Waals surface area contributed by atoms with Gasteiger partial charge in [-0.1, -0.05) is 6.07 Å². The number of carbonyl (C=O) groups excluding carboxylic acids is 4. The zero-order chi connectivity index (χ0) is 19.1. The molecule has 142 valence electrons. The standard InChI is InChI=1S/C19H22N4O4/c1-20-12-6-7-22(10-12)9-11-2-3-13-14(8-11)19(27)23(18(13)26)15-4-5-16(24)21-17(15)25/h2-3,8,12,15,20H,4-7,9-10H2,1H3,(H,21,24,25). The summed E-state index contributed by atoms with van der Waals surface area (Å²) in [5.41, 5.74) is 1.63. The first-order valence-corrected chi connectivity index (χ1v) is 9.22. The van der Waals surface area contributed by atoms with Crippen molar-refractivity contribution in [2.24, 2.45) is 0 Å². The Morgan fingerprint density at radius 1 is 1.11 bits per heavy atom. The van der Waals surface area contributed by atoms with Crippen molar-refractivity contribution < 1.29 is 19.2 Å². The molecule has 0 spiro atoms. The van der Waals surface area contributed by atoms with E-state index in [9.17, 15) is 19.2 Å². The van der Waals surface area contributed by atoms with Gasteiger partial charge in [-0.3, -0.25) is 34.3 Å². The molecule has 27 heavy (non-hydrogen) atoms. The van der Waals surface area contributed by atoms with Gasteiger partial charge in [0.1, 0.15) is 6.04 Å². The first kappa shape index (κ1) is 17.8. The summed E-state index contributed by atoms with van der Waals surface area (Å²) in [5, 5.41) is 5.48. The molecular formula is C19H22N4O4. The van der Waals surface area contributed by atoms with Crippen LogP contribution < -0.4 is 10.6 Å². The smallest absolute Gasteiger partial charge is 0.262 e. The maximum Gasteiger partial charge on any atom is 0.262 e. The van der Waals surface area contributed by atoms with Gasteiger partial charge in [-0.25, -0.2) is 0 Å². The number of fused-ring (bicyclic) bond motifs is 1. The molecule has 0 bridgehead atoms. The van der Waals surface area contributed by atoms with Crippen LogP contribution in [0.4, 0.5) is 0 Å². The molecule has 0 saturated carbocycles. The van der Waals surface area contributed by atoms with Crippen molar-refractivity contribution in [3.05, 3.63) is 34.9 Å². The van der Waals surface area contributed by atoms with E-state index in [2.05, 4.69) is 15.5 Å². The SMILES string of the molecule is CNC1CCN(Cc2ccc3c(c2)C(=O)N(C2CCC(=O)NC2=O)C3=O)C1. The fourth-order valence-electron chi connectivity index (χ4n) is 4.09. The molecule has 8 heteroatoms. The van der Waals surface area contributed by atoms with E-state index in [1.807, 2.05) is 13.1 Å². The van der Waals surface area contributed by atoms with Crippen molar-refractivity contribution in [2.75, 3.05) is 20.1 Å². The van der Waals surface area contributed by atoms with Gasteiger partial charge in [0, 0.05) is 32.1 Å². The molecule has 1 aromatic rings. The Kier molecular flexibility index (Phi) is 4.53. The second-order valence-electron chi connectivity index (χ2n) is 7.34. The number of amides is 4. The molecule has 0 radical (unpaired) electrons. The largest absolute Gasteiger partial charge is 0.316 e. The van der Waals surface area contributed by atoms with Crippen LogP contribution in [0.15, 0.2) is 18.2 Å². The second-order valence-corrected chi connectivity index (χ2v) is 7.34. The third-order valence-corrected chi connectivity index (χ3v) is 5.59. The summed E-state index contributed by atoms with van der Waals surface area (Å²) in [5.74, 6) is -1.88. The lowest BCUT2D eigenvalue weighted by atomic mass is 10.0. The predicted molar refractivity (Wildman–Crippen MR) is 95.9 cm³/mol. The summed E-state index contributed by atoms with van der Waals surface area (Å²) in [4.78, 5) is 52.3. The molecule has 3 aliphatic heterocycles. The zero-order valence-electron chi connectivity index (χ0n) is 15.2. The number of likely N-dealkylation sites (tertiary alicyclic amines) is 1. The van der Waals surface area contributed by atoms with Crippen LogP contribution in [0.5, 0.6) is 0 Å². The number of hydrogen-bond donors (Lipinski definition) is 2. The Balaban J connectivity index is 1.53. The van der Waals surface area contributed by atoms with Gasteiger partial charge in [0.15, 0.2) is 0 Å². The molecule has 0 aliphatic carbocycles. The lowest BCUT2D eigenvalue weighted by Gasteiger charge is -2.27. The lowest BCUT2D eigenvalue weighted by Crippen LogP contribution is -2.54. The van der Waals surface area contributed by atoms with Crippen molar-refractivity contribution in [3.63, 3.8) is 0 Å². The van der Waals surface area contributed by atoms with Gasteiger partial charge >= 0.3 is 0 Å². The van der Waals surface area contributed by atoms with Gasteiger partial charge in [-0.15, -0.1) is 0 Å². The highest BCUT2D eigenvalue weighted by Crippen LogP contribution is 2.29. The Hall–Kier alpha value is -2.58. The highest BCUT2D eigenvalue weighted by molar-refractivity contribution is 6.23. The number of hydrogen-bond acceptors (Lipinski definition) is 6. The molecule has 1 aromatic carbocycles. The molecule has 2 unspecified atom stereocenters. The maximum atomic E-state index is 12.8. The van der Waals surface area contributed by atoms with Crippen LogP contribution in [0.2, 0.25) is 0 Å². The molecule has 8 nitrogen and oxygen atoms in total. The molecule has 2 N–H and O–H groups in total. The fourth-order valence-corrected chi connectivity index (χ4v) is 4.09. The van der Waals surface area contributed by atoms with Gasteiger partial charge in [-0.2, -0.15) is 0 Å². The van der Waals surface area contributed by atoms with E-state index in [0.29, 0.717) is 23.7 Å². The lowest BCUT2D eigenvalue weighted by molar-refractivity contribution is -0.136. The van der Waals surface area contributed by atoms with Gasteiger partial charge in [0.2, 0.25) is 11.8 Å². The zero-order valence-corrected chi connectivity index (χ0v) is 15.2. The fraction of sp³-hybridized carbons (Fsp3) is 0.474. The van der Waals surface area contributed by atoms with Crippen molar-refractivity contribution >= 4 is 23.6 Å². The summed E-state index contributed by atoms with van der Waals surface area (Å²) in [6.45, 7) is 2.64. The molecule has 4 rings (SSSR count). The number of piperidine rings is 1. The minimum Gasteiger partial charge on any atom is -0.316 e. The van der Waals surface area contributed by atoms with Gasteiger partial charge in [0.05, 0.1) is 11.1 Å². The average Bonchev–Trinajstić information content (AvgIpc) is 3.19. The third-order valence-electron chi connectivity index (χ3n) is 5.59. The Labute approximate surface area is 156 Å². The molecule has 3 heterocycles. The predicted octanol–water partition coefficient (Wildman–Crippen LogP) is -0.118. The van der Waals surface area contributed by atoms with Crippen molar-refractivity contribution in [3.8, 4) is 0 Å². The van der Waals surface area contributed by atoms with Crippen LogP contribution in [-0.4, -0.2) is 65.6 Å². The van der Waals surface area contributed by atoms with E-state index in [4.69, 9.17) is 0 Å². The molecule has 0 aromatic heterocycles. The van der Waals surface area contributed by atoms with Crippen molar-refractivity contribution in [1.82, 2.24) is 20.4 Å². The minimum atomic E-state index is -0.923. The monoisotopic (exact) mass is 370 g/mol. The normalized spacial score (nSPS) is 25.9. The summed E-state index contributed by atoms with van der Waals surface area (Å²) in [7, 11) is 1.96. The highest BCUT2D eigenvalue weighted by Gasteiger charge is 2.44. The van der Waals surface area contributed by atoms with Crippen LogP contribution in [0.25, 0.3) is 0 Å². The van der Waals surface area contributed by atoms with Gasteiger partial charge in [-0.05, 0) is 37.6 Å². The summed E-state index contributed by atoms with van der Waals surface area (Å²) < 4.78 is 0. The van der Waals surface area contributed by atoms with E-state index < -0.39 is 23.8 Å². The van der Waals surface area contributed by atoms with Crippen LogP contribution >= 0.6 is 0 Å². The molecule has 2 fully saturated rings. The highest BCUT2D eigenvalue weighted by atomic mass is 16.2. The van der Waals surface area contributed by atoms with Crippen molar-refractivity contribution in [2.45, 2.75) is 37.9 Å². The summed E-state index contributed by atoms with van der Waals surface area (Å²) in [6.07, 6.45) is 1.38. The molecule has 3 aliphatic rings. The number of likely N-dealkylation sites (N-methyl/N-ethyl adjacent to an activating group) is 1. The Bertz CT molecular complexity index is 837. The van der Waals surface area contributed by atoms with Gasteiger partial charge < -0.3 is 5.32 Å². The molecular weight excluding hydrogens is 348 g/mol. The number of carbonyl (C=O) groups is 4. The molecule has 2 atom stereocenters. The van der Waals surface area contributed by atoms with E-state index in [1.165, 1.54) is 0 Å². The maximum absolute atomic E-state index is 12.8. The van der Waals surface area contributed by atoms with Gasteiger partial charge in [0.25, 0.3) is 11.8 Å². The van der Waals surface area contributed by atoms with Crippen LogP contribution in [0.3, 0.4) is 0 Å². The number of imide groups is 2. The van der Waals surface area contributed by atoms with Crippen LogP contribution in [0.1, 0.15) is 45.5 Å². The number of rotatable bonds is 4. The molecule has 2 saturated heterocycles. The first-order chi connectivity index (χ1) is 13.0. The van der Waals surface area contributed by atoms with E-state index in [1.54, 1.807) is 12.1 Å². The number of nitrogens with one attached hydrogen (secondary N) is 2. The van der Waals surface area contributed by atoms with Crippen LogP contribution in [-0.2, 0) is 16.1 Å². The number of nitrogens with zero attached hydrogens (tertiary/aromatic N) is 2. The quantitative estimate of drug-likeness (QED) is 0.717. The van der Waals surface area contributed by atoms with Crippen molar-refractivity contribution in [1.29, 1.82) is 0 Å². The topological polar surface area (TPSA) is 98.8 Å². The average molecular weight is 370 g/mol. The van der Waals surface area contributed by atoms with E-state index in [0.717, 1.165) is 30.0 Å². The third kappa shape index (κ3) is 3.15. The number of benzene rings is 1. The Morgan fingerprint density at radius 3 is 2.59 bits per heavy atom. The molecule has 4 amide bonds. The summed E-state index contributed by atoms with van der Waals surface area (Å²) >= 11 is 0. The van der Waals surface area contributed by atoms with Crippen LogP contribution in [0, 0.1) is 0 Å².